The number of rotatable bonds is 2. The van der Waals surface area contributed by atoms with Gasteiger partial charge in [0.1, 0.15) is 5.75 Å². The molecule has 0 atom stereocenters. The van der Waals surface area contributed by atoms with Gasteiger partial charge in [0.25, 0.3) is 0 Å². The molecule has 0 aliphatic rings. The van der Waals surface area contributed by atoms with E-state index in [0.717, 1.165) is 0 Å². The number of halogens is 2. The summed E-state index contributed by atoms with van der Waals surface area (Å²) >= 11 is 5.64. The molecule has 0 aliphatic carbocycles. The molecular formula is C9H10Cl2O2. The predicted molar refractivity (Wildman–Crippen MR) is 54.6 cm³/mol. The van der Waals surface area contributed by atoms with Gasteiger partial charge in [-0.3, -0.25) is 4.79 Å². The highest BCUT2D eigenvalue weighted by Gasteiger charge is 1.99. The number of ether oxygens (including phenoxy) is 1. The Bertz CT molecular complexity index is 269. The van der Waals surface area contributed by atoms with E-state index in [1.165, 1.54) is 0 Å². The van der Waals surface area contributed by atoms with E-state index in [2.05, 4.69) is 0 Å². The number of hydrogen-bond acceptors (Lipinski definition) is 2. The summed E-state index contributed by atoms with van der Waals surface area (Å²) in [6.07, 6.45) is 0.378. The number of esters is 1. The van der Waals surface area contributed by atoms with Crippen LogP contribution in [-0.4, -0.2) is 5.97 Å². The Morgan fingerprint density at radius 3 is 2.38 bits per heavy atom. The Hall–Kier alpha value is -0.730. The quantitative estimate of drug-likeness (QED) is 0.566. The second-order valence-electron chi connectivity index (χ2n) is 2.28. The third kappa shape index (κ3) is 4.15. The molecule has 0 saturated heterocycles. The van der Waals surface area contributed by atoms with E-state index >= 15 is 0 Å². The van der Waals surface area contributed by atoms with Crippen molar-refractivity contribution in [2.24, 2.45) is 0 Å². The van der Waals surface area contributed by atoms with Crippen LogP contribution in [0.5, 0.6) is 5.75 Å². The van der Waals surface area contributed by atoms with E-state index in [1.54, 1.807) is 31.2 Å². The Morgan fingerprint density at radius 1 is 1.38 bits per heavy atom. The first-order chi connectivity index (χ1) is 5.72. The zero-order valence-corrected chi connectivity index (χ0v) is 8.69. The van der Waals surface area contributed by atoms with Crippen LogP contribution in [0.25, 0.3) is 0 Å². The molecule has 0 amide bonds. The summed E-state index contributed by atoms with van der Waals surface area (Å²) in [5.74, 6) is 0.295. The molecule has 0 unspecified atom stereocenters. The van der Waals surface area contributed by atoms with E-state index in [0.29, 0.717) is 17.2 Å². The highest BCUT2D eigenvalue weighted by molar-refractivity contribution is 6.30. The Balaban J connectivity index is 0.00000144. The predicted octanol–water partition coefficient (Wildman–Crippen LogP) is 3.08. The summed E-state index contributed by atoms with van der Waals surface area (Å²) in [7, 11) is 0. The van der Waals surface area contributed by atoms with Gasteiger partial charge in [-0.2, -0.15) is 0 Å². The molecule has 72 valence electrons. The van der Waals surface area contributed by atoms with E-state index in [-0.39, 0.29) is 18.4 Å². The molecule has 0 bridgehead atoms. The first kappa shape index (κ1) is 12.3. The first-order valence-electron chi connectivity index (χ1n) is 3.68. The minimum atomic E-state index is -0.239. The van der Waals surface area contributed by atoms with Crippen LogP contribution in [0.15, 0.2) is 24.3 Å². The van der Waals surface area contributed by atoms with Crippen molar-refractivity contribution in [3.63, 3.8) is 0 Å². The zero-order chi connectivity index (χ0) is 8.97. The smallest absolute Gasteiger partial charge is 0.310 e. The molecule has 0 N–H and O–H groups in total. The molecule has 0 saturated carbocycles. The molecule has 0 radical (unpaired) electrons. The van der Waals surface area contributed by atoms with Crippen LogP contribution in [0, 0.1) is 0 Å². The second-order valence-corrected chi connectivity index (χ2v) is 2.72. The first-order valence-corrected chi connectivity index (χ1v) is 4.06. The van der Waals surface area contributed by atoms with Crippen LogP contribution in [0.2, 0.25) is 5.02 Å². The summed E-state index contributed by atoms with van der Waals surface area (Å²) in [6, 6.07) is 6.69. The Labute approximate surface area is 88.3 Å². The van der Waals surface area contributed by atoms with Crippen LogP contribution >= 0.6 is 24.0 Å². The molecule has 0 aliphatic heterocycles. The van der Waals surface area contributed by atoms with Crippen LogP contribution < -0.4 is 4.74 Å². The molecular weight excluding hydrogens is 211 g/mol. The summed E-state index contributed by atoms with van der Waals surface area (Å²) in [5, 5.41) is 0.631. The molecule has 13 heavy (non-hydrogen) atoms. The lowest BCUT2D eigenvalue weighted by molar-refractivity contribution is -0.134. The fourth-order valence-electron chi connectivity index (χ4n) is 0.706. The normalized spacial score (nSPS) is 8.77. The average molecular weight is 221 g/mol. The summed E-state index contributed by atoms with van der Waals surface area (Å²) in [6.45, 7) is 1.75. The van der Waals surface area contributed by atoms with E-state index < -0.39 is 0 Å². The lowest BCUT2D eigenvalue weighted by Gasteiger charge is -2.00. The van der Waals surface area contributed by atoms with Crippen LogP contribution in [-0.2, 0) is 4.79 Å². The van der Waals surface area contributed by atoms with Crippen molar-refractivity contribution in [3.05, 3.63) is 29.3 Å². The van der Waals surface area contributed by atoms with Crippen LogP contribution in [0.1, 0.15) is 13.3 Å². The molecule has 4 heteroatoms. The molecule has 0 heterocycles. The van der Waals surface area contributed by atoms with Crippen molar-refractivity contribution < 1.29 is 9.53 Å². The molecule has 1 aromatic carbocycles. The van der Waals surface area contributed by atoms with Crippen molar-refractivity contribution in [1.82, 2.24) is 0 Å². The van der Waals surface area contributed by atoms with Gasteiger partial charge in [0.05, 0.1) is 0 Å². The molecule has 1 aromatic rings. The van der Waals surface area contributed by atoms with Crippen molar-refractivity contribution in [2.75, 3.05) is 0 Å². The number of benzene rings is 1. The lowest BCUT2D eigenvalue weighted by atomic mass is 10.3. The largest absolute Gasteiger partial charge is 0.427 e. The molecule has 2 nitrogen and oxygen atoms in total. The topological polar surface area (TPSA) is 26.3 Å². The van der Waals surface area contributed by atoms with Gasteiger partial charge < -0.3 is 4.74 Å². The third-order valence-corrected chi connectivity index (χ3v) is 1.59. The van der Waals surface area contributed by atoms with Crippen molar-refractivity contribution in [3.8, 4) is 5.75 Å². The molecule has 0 aromatic heterocycles. The maximum absolute atomic E-state index is 10.8. The van der Waals surface area contributed by atoms with Gasteiger partial charge in [0.2, 0.25) is 0 Å². The van der Waals surface area contributed by atoms with E-state index in [4.69, 9.17) is 16.3 Å². The Morgan fingerprint density at radius 2 is 1.92 bits per heavy atom. The fourth-order valence-corrected chi connectivity index (χ4v) is 0.832. The van der Waals surface area contributed by atoms with Crippen molar-refractivity contribution >= 4 is 30.0 Å². The molecule has 0 spiro atoms. The highest BCUT2D eigenvalue weighted by atomic mass is 35.5. The average Bonchev–Trinajstić information content (AvgIpc) is 2.09. The molecule has 1 rings (SSSR count). The van der Waals surface area contributed by atoms with Gasteiger partial charge in [-0.15, -0.1) is 12.4 Å². The summed E-state index contributed by atoms with van der Waals surface area (Å²) in [5.41, 5.74) is 0. The van der Waals surface area contributed by atoms with Gasteiger partial charge in [0, 0.05) is 11.4 Å². The fraction of sp³-hybridized carbons (Fsp3) is 0.222. The van der Waals surface area contributed by atoms with Crippen molar-refractivity contribution in [1.29, 1.82) is 0 Å². The SMILES string of the molecule is CCC(=O)Oc1ccc(Cl)cc1.Cl. The van der Waals surface area contributed by atoms with Gasteiger partial charge >= 0.3 is 5.97 Å². The van der Waals surface area contributed by atoms with Gasteiger partial charge in [0.15, 0.2) is 0 Å². The van der Waals surface area contributed by atoms with Gasteiger partial charge in [-0.05, 0) is 24.3 Å². The van der Waals surface area contributed by atoms with Crippen LogP contribution in [0.4, 0.5) is 0 Å². The lowest BCUT2D eigenvalue weighted by Crippen LogP contribution is -2.04. The van der Waals surface area contributed by atoms with E-state index in [9.17, 15) is 4.79 Å². The second kappa shape index (κ2) is 5.84. The standard InChI is InChI=1S/C9H9ClO2.ClH/c1-2-9(11)12-8-5-3-7(10)4-6-8;/h3-6H,2H2,1H3;1H. The van der Waals surface area contributed by atoms with E-state index in [1.807, 2.05) is 0 Å². The van der Waals surface area contributed by atoms with Gasteiger partial charge in [-0.1, -0.05) is 18.5 Å². The van der Waals surface area contributed by atoms with Crippen LogP contribution in [0.3, 0.4) is 0 Å². The maximum Gasteiger partial charge on any atom is 0.310 e. The number of carbonyl (C=O) groups excluding carboxylic acids is 1. The third-order valence-electron chi connectivity index (χ3n) is 1.33. The highest BCUT2D eigenvalue weighted by Crippen LogP contribution is 2.15. The maximum atomic E-state index is 10.8. The minimum absolute atomic E-state index is 0. The summed E-state index contributed by atoms with van der Waals surface area (Å²) in [4.78, 5) is 10.8. The van der Waals surface area contributed by atoms with Crippen molar-refractivity contribution in [2.45, 2.75) is 13.3 Å². The summed E-state index contributed by atoms with van der Waals surface area (Å²) < 4.78 is 4.92. The van der Waals surface area contributed by atoms with Gasteiger partial charge in [-0.25, -0.2) is 0 Å². The zero-order valence-electron chi connectivity index (χ0n) is 7.12. The minimum Gasteiger partial charge on any atom is -0.427 e. The Kier molecular flexibility index (Phi) is 5.51. The number of hydrogen-bond donors (Lipinski definition) is 0. The molecule has 0 fully saturated rings. The monoisotopic (exact) mass is 220 g/mol. The number of carbonyl (C=O) groups is 1.